The van der Waals surface area contributed by atoms with Gasteiger partial charge in [-0.05, 0) is 42.4 Å². The molecule has 0 spiro atoms. The molecule has 0 aromatic heterocycles. The molecule has 0 aliphatic heterocycles. The van der Waals surface area contributed by atoms with Crippen molar-refractivity contribution >= 4 is 5.78 Å². The molecule has 0 atom stereocenters. The molecule has 1 aliphatic carbocycles. The van der Waals surface area contributed by atoms with Crippen LogP contribution in [0.2, 0.25) is 0 Å². The van der Waals surface area contributed by atoms with E-state index in [1.54, 1.807) is 0 Å². The van der Waals surface area contributed by atoms with Gasteiger partial charge in [-0.1, -0.05) is 19.9 Å². The predicted octanol–water partition coefficient (Wildman–Crippen LogP) is 4.74. The number of carbonyl (C=O) groups excluding carboxylic acids is 1. The number of carbonyl (C=O) groups is 1. The van der Waals surface area contributed by atoms with Crippen molar-refractivity contribution in [1.29, 1.82) is 0 Å². The Bertz CT molecular complexity index is 499. The van der Waals surface area contributed by atoms with E-state index in [4.69, 9.17) is 0 Å². The second-order valence-electron chi connectivity index (χ2n) is 5.17. The van der Waals surface area contributed by atoms with E-state index in [-0.39, 0.29) is 11.2 Å². The third kappa shape index (κ3) is 2.28. The maximum Gasteiger partial charge on any atom is 0.416 e. The van der Waals surface area contributed by atoms with Gasteiger partial charge in [-0.15, -0.1) is 0 Å². The molecule has 4 heteroatoms. The lowest BCUT2D eigenvalue weighted by Gasteiger charge is -2.37. The van der Waals surface area contributed by atoms with E-state index in [9.17, 15) is 18.0 Å². The van der Waals surface area contributed by atoms with Gasteiger partial charge in [0.25, 0.3) is 0 Å². The molecule has 1 aliphatic rings. The molecular formula is C15H17F3O. The van der Waals surface area contributed by atoms with E-state index in [1.807, 2.05) is 13.8 Å². The number of hydrogen-bond donors (Lipinski definition) is 0. The summed E-state index contributed by atoms with van der Waals surface area (Å²) in [6.45, 7) is 3.95. The molecule has 0 heterocycles. The van der Waals surface area contributed by atoms with Gasteiger partial charge in [-0.3, -0.25) is 4.79 Å². The monoisotopic (exact) mass is 270 g/mol. The van der Waals surface area contributed by atoms with E-state index >= 15 is 0 Å². The molecule has 0 saturated carbocycles. The van der Waals surface area contributed by atoms with Gasteiger partial charge < -0.3 is 0 Å². The predicted molar refractivity (Wildman–Crippen MR) is 67.3 cm³/mol. The molecule has 0 N–H and O–H groups in total. The van der Waals surface area contributed by atoms with Gasteiger partial charge in [-0.2, -0.15) is 13.2 Å². The molecule has 0 radical (unpaired) electrons. The molecule has 19 heavy (non-hydrogen) atoms. The second kappa shape index (κ2) is 4.66. The lowest BCUT2D eigenvalue weighted by molar-refractivity contribution is -0.137. The van der Waals surface area contributed by atoms with Crippen molar-refractivity contribution < 1.29 is 18.0 Å². The van der Waals surface area contributed by atoms with E-state index in [1.165, 1.54) is 12.1 Å². The van der Waals surface area contributed by atoms with Gasteiger partial charge in [0, 0.05) is 12.0 Å². The first kappa shape index (κ1) is 14.1. The van der Waals surface area contributed by atoms with Crippen LogP contribution in [0.3, 0.4) is 0 Å². The molecule has 0 amide bonds. The quantitative estimate of drug-likeness (QED) is 0.758. The van der Waals surface area contributed by atoms with Crippen molar-refractivity contribution in [2.75, 3.05) is 0 Å². The fraction of sp³-hybridized carbons (Fsp3) is 0.533. The molecule has 0 saturated heterocycles. The summed E-state index contributed by atoms with van der Waals surface area (Å²) in [6.07, 6.45) is -1.77. The Morgan fingerprint density at radius 1 is 1.21 bits per heavy atom. The maximum absolute atomic E-state index is 12.8. The summed E-state index contributed by atoms with van der Waals surface area (Å²) < 4.78 is 38.5. The average molecular weight is 270 g/mol. The molecule has 2 rings (SSSR count). The topological polar surface area (TPSA) is 17.1 Å². The van der Waals surface area contributed by atoms with E-state index in [0.717, 1.165) is 18.9 Å². The van der Waals surface area contributed by atoms with Gasteiger partial charge in [0.05, 0.1) is 5.56 Å². The van der Waals surface area contributed by atoms with E-state index in [2.05, 4.69) is 0 Å². The highest BCUT2D eigenvalue weighted by Crippen LogP contribution is 2.44. The molecule has 1 aromatic carbocycles. The highest BCUT2D eigenvalue weighted by atomic mass is 19.4. The van der Waals surface area contributed by atoms with Crippen LogP contribution in [0.25, 0.3) is 0 Å². The van der Waals surface area contributed by atoms with Crippen LogP contribution in [0.1, 0.15) is 61.0 Å². The van der Waals surface area contributed by atoms with Crippen LogP contribution in [-0.2, 0) is 11.6 Å². The first-order chi connectivity index (χ1) is 8.84. The standard InChI is InChI=1S/C15H17F3O/c1-3-14(4-2)8-7-13(19)11-6-5-10(9-12(11)14)15(16,17)18/h5-6,9H,3-4,7-8H2,1-2H3. The van der Waals surface area contributed by atoms with Crippen molar-refractivity contribution in [3.63, 3.8) is 0 Å². The Balaban J connectivity index is 2.63. The van der Waals surface area contributed by atoms with Gasteiger partial charge in [0.2, 0.25) is 0 Å². The number of Topliss-reactive ketones (excluding diaryl/α,β-unsaturated/α-hetero) is 1. The zero-order valence-electron chi connectivity index (χ0n) is 11.1. The zero-order chi connectivity index (χ0) is 14.3. The van der Waals surface area contributed by atoms with Crippen LogP contribution < -0.4 is 0 Å². The van der Waals surface area contributed by atoms with Crippen LogP contribution >= 0.6 is 0 Å². The molecule has 0 bridgehead atoms. The van der Waals surface area contributed by atoms with E-state index in [0.29, 0.717) is 24.0 Å². The molecule has 104 valence electrons. The molecule has 1 nitrogen and oxygen atoms in total. The summed E-state index contributed by atoms with van der Waals surface area (Å²) in [5.41, 5.74) is 0.114. The van der Waals surface area contributed by atoms with Crippen molar-refractivity contribution in [3.8, 4) is 0 Å². The van der Waals surface area contributed by atoms with Crippen molar-refractivity contribution in [3.05, 3.63) is 34.9 Å². The molecule has 0 fully saturated rings. The zero-order valence-corrected chi connectivity index (χ0v) is 11.1. The summed E-state index contributed by atoms with van der Waals surface area (Å²) in [4.78, 5) is 11.9. The lowest BCUT2D eigenvalue weighted by atomic mass is 9.66. The highest BCUT2D eigenvalue weighted by Gasteiger charge is 2.39. The van der Waals surface area contributed by atoms with Crippen molar-refractivity contribution in [2.45, 2.75) is 51.1 Å². The maximum atomic E-state index is 12.8. The second-order valence-corrected chi connectivity index (χ2v) is 5.17. The summed E-state index contributed by atoms with van der Waals surface area (Å²) >= 11 is 0. The largest absolute Gasteiger partial charge is 0.416 e. The van der Waals surface area contributed by atoms with Crippen molar-refractivity contribution in [1.82, 2.24) is 0 Å². The van der Waals surface area contributed by atoms with Crippen LogP contribution in [-0.4, -0.2) is 5.78 Å². The summed E-state index contributed by atoms with van der Waals surface area (Å²) in [5, 5.41) is 0. The molecular weight excluding hydrogens is 253 g/mol. The number of hydrogen-bond acceptors (Lipinski definition) is 1. The number of ketones is 1. The first-order valence-electron chi connectivity index (χ1n) is 6.59. The minimum atomic E-state index is -4.36. The fourth-order valence-electron chi connectivity index (χ4n) is 3.01. The van der Waals surface area contributed by atoms with Crippen LogP contribution in [0.5, 0.6) is 0 Å². The van der Waals surface area contributed by atoms with Crippen molar-refractivity contribution in [2.24, 2.45) is 0 Å². The normalized spacial score (nSPS) is 18.3. The number of rotatable bonds is 2. The Morgan fingerprint density at radius 3 is 2.37 bits per heavy atom. The Labute approximate surface area is 110 Å². The Morgan fingerprint density at radius 2 is 1.84 bits per heavy atom. The third-order valence-corrected chi connectivity index (χ3v) is 4.40. The summed E-state index contributed by atoms with van der Waals surface area (Å²) in [7, 11) is 0. The minimum Gasteiger partial charge on any atom is -0.294 e. The Kier molecular flexibility index (Phi) is 3.45. The number of fused-ring (bicyclic) bond motifs is 1. The minimum absolute atomic E-state index is 0.0405. The number of halogens is 3. The molecule has 1 aromatic rings. The smallest absolute Gasteiger partial charge is 0.294 e. The summed E-state index contributed by atoms with van der Waals surface area (Å²) in [6, 6.07) is 3.54. The number of benzene rings is 1. The lowest BCUT2D eigenvalue weighted by Crippen LogP contribution is -2.32. The SMILES string of the molecule is CCC1(CC)CCC(=O)c2ccc(C(F)(F)F)cc21. The van der Waals surface area contributed by atoms with Gasteiger partial charge in [0.1, 0.15) is 0 Å². The average Bonchev–Trinajstić information content (AvgIpc) is 2.39. The van der Waals surface area contributed by atoms with Crippen LogP contribution in [0.15, 0.2) is 18.2 Å². The molecule has 0 unspecified atom stereocenters. The van der Waals surface area contributed by atoms with E-state index < -0.39 is 11.7 Å². The number of alkyl halides is 3. The van der Waals surface area contributed by atoms with Crippen LogP contribution in [0, 0.1) is 0 Å². The van der Waals surface area contributed by atoms with Gasteiger partial charge in [-0.25, -0.2) is 0 Å². The Hall–Kier alpha value is -1.32. The van der Waals surface area contributed by atoms with Gasteiger partial charge >= 0.3 is 6.18 Å². The first-order valence-corrected chi connectivity index (χ1v) is 6.59. The summed E-state index contributed by atoms with van der Waals surface area (Å²) in [5.74, 6) is -0.0405. The fourth-order valence-corrected chi connectivity index (χ4v) is 3.01. The highest BCUT2D eigenvalue weighted by molar-refractivity contribution is 5.99. The van der Waals surface area contributed by atoms with Gasteiger partial charge in [0.15, 0.2) is 5.78 Å². The third-order valence-electron chi connectivity index (χ3n) is 4.40. The van der Waals surface area contributed by atoms with Crippen LogP contribution in [0.4, 0.5) is 13.2 Å².